The van der Waals surface area contributed by atoms with E-state index in [1.54, 1.807) is 36.4 Å². The van der Waals surface area contributed by atoms with E-state index in [1.165, 1.54) is 23.5 Å². The van der Waals surface area contributed by atoms with Crippen LogP contribution >= 0.6 is 22.9 Å². The number of thiazole rings is 1. The number of carbonyl (C=O) groups is 1. The van der Waals surface area contributed by atoms with E-state index in [2.05, 4.69) is 34.4 Å². The molecule has 2 aromatic heterocycles. The summed E-state index contributed by atoms with van der Waals surface area (Å²) in [4.78, 5) is 24.3. The van der Waals surface area contributed by atoms with Gasteiger partial charge in [-0.25, -0.2) is 19.2 Å². The van der Waals surface area contributed by atoms with Crippen LogP contribution in [-0.4, -0.2) is 27.7 Å². The number of carbonyl (C=O) groups excluding carboxylic acids is 1. The predicted octanol–water partition coefficient (Wildman–Crippen LogP) is 7.93. The molecule has 10 heteroatoms. The number of aromatic nitrogens is 2. The molecule has 3 aromatic carbocycles. The van der Waals surface area contributed by atoms with Gasteiger partial charge in [0.15, 0.2) is 5.13 Å². The van der Waals surface area contributed by atoms with Crippen molar-refractivity contribution in [2.45, 2.75) is 19.3 Å². The molecule has 2 amide bonds. The van der Waals surface area contributed by atoms with Crippen molar-refractivity contribution in [1.29, 1.82) is 0 Å². The Bertz CT molecular complexity index is 1740. The highest BCUT2D eigenvalue weighted by Gasteiger charge is 2.40. The van der Waals surface area contributed by atoms with Crippen molar-refractivity contribution < 1.29 is 14.3 Å². The Morgan fingerprint density at radius 3 is 2.59 bits per heavy atom. The van der Waals surface area contributed by atoms with Crippen LogP contribution in [0.1, 0.15) is 19.4 Å². The molecule has 0 bridgehead atoms. The Hall–Kier alpha value is -4.21. The molecule has 0 spiro atoms. The Balaban J connectivity index is 1.34. The normalized spacial score (nSPS) is 13.9. The van der Waals surface area contributed by atoms with Gasteiger partial charge in [-0.05, 0) is 59.2 Å². The van der Waals surface area contributed by atoms with Gasteiger partial charge in [-0.2, -0.15) is 0 Å². The molecular weight excluding hydrogens is 537 g/mol. The van der Waals surface area contributed by atoms with Gasteiger partial charge in [0, 0.05) is 12.0 Å². The number of nitrogens with zero attached hydrogens (tertiary/aromatic N) is 3. The fraction of sp³-hybridized carbons (Fsp3) is 0.138. The molecule has 39 heavy (non-hydrogen) atoms. The van der Waals surface area contributed by atoms with Gasteiger partial charge in [0.1, 0.15) is 27.1 Å². The molecule has 0 fully saturated rings. The number of anilines is 4. The third-order valence-corrected chi connectivity index (χ3v) is 7.79. The number of amides is 2. The van der Waals surface area contributed by atoms with E-state index < -0.39 is 6.03 Å². The average molecular weight is 560 g/mol. The van der Waals surface area contributed by atoms with Crippen LogP contribution in [0.2, 0.25) is 5.15 Å². The fourth-order valence-electron chi connectivity index (χ4n) is 5.08. The lowest BCUT2D eigenvalue weighted by atomic mass is 9.81. The molecule has 0 atom stereocenters. The summed E-state index contributed by atoms with van der Waals surface area (Å²) in [6.45, 7) is 4.77. The molecule has 7 nitrogen and oxygen atoms in total. The Kier molecular flexibility index (Phi) is 6.12. The summed E-state index contributed by atoms with van der Waals surface area (Å²) in [7, 11) is 0. The molecule has 1 aliphatic rings. The topological polar surface area (TPSA) is 90.4 Å². The number of halogens is 2. The monoisotopic (exact) mass is 559 g/mol. The SMILES string of the molecule is CC1(C)CN(c2ccccc2NC(=O)Nc2nc3ccc(Cl)nc3s2)c2c(O)ccc(-c3ccc(F)cc3)c21. The van der Waals surface area contributed by atoms with Crippen LogP contribution in [0.15, 0.2) is 72.8 Å². The number of rotatable bonds is 4. The van der Waals surface area contributed by atoms with Crippen molar-refractivity contribution >= 4 is 61.5 Å². The first-order valence-corrected chi connectivity index (χ1v) is 13.4. The van der Waals surface area contributed by atoms with Gasteiger partial charge in [-0.1, -0.05) is 67.1 Å². The van der Waals surface area contributed by atoms with Crippen molar-refractivity contribution in [1.82, 2.24) is 9.97 Å². The van der Waals surface area contributed by atoms with E-state index in [0.717, 1.165) is 22.4 Å². The minimum atomic E-state index is -0.462. The van der Waals surface area contributed by atoms with E-state index >= 15 is 0 Å². The summed E-state index contributed by atoms with van der Waals surface area (Å²) in [5.74, 6) is -0.180. The highest BCUT2D eigenvalue weighted by atomic mass is 35.5. The number of hydrogen-bond acceptors (Lipinski definition) is 6. The molecule has 5 aromatic rings. The average Bonchev–Trinajstić information content (AvgIpc) is 3.42. The Morgan fingerprint density at radius 2 is 1.79 bits per heavy atom. The van der Waals surface area contributed by atoms with Crippen LogP contribution in [0.3, 0.4) is 0 Å². The number of phenolic OH excluding ortho intramolecular Hbond substituents is 1. The molecular formula is C29H23ClFN5O2S. The molecule has 1 aliphatic heterocycles. The van der Waals surface area contributed by atoms with Gasteiger partial charge in [0.05, 0.1) is 17.1 Å². The number of nitrogens with one attached hydrogen (secondary N) is 2. The third kappa shape index (κ3) is 4.64. The Morgan fingerprint density at radius 1 is 1.03 bits per heavy atom. The summed E-state index contributed by atoms with van der Waals surface area (Å²) in [6.07, 6.45) is 0. The molecule has 0 saturated heterocycles. The first kappa shape index (κ1) is 25.1. The lowest BCUT2D eigenvalue weighted by Gasteiger charge is -2.25. The summed E-state index contributed by atoms with van der Waals surface area (Å²) >= 11 is 7.20. The van der Waals surface area contributed by atoms with Gasteiger partial charge in [-0.15, -0.1) is 0 Å². The summed E-state index contributed by atoms with van der Waals surface area (Å²) in [5.41, 5.74) is 4.96. The fourth-order valence-corrected chi connectivity index (χ4v) is 6.11. The highest BCUT2D eigenvalue weighted by molar-refractivity contribution is 7.22. The van der Waals surface area contributed by atoms with Crippen LogP contribution in [0.25, 0.3) is 21.5 Å². The number of aromatic hydroxyl groups is 1. The van der Waals surface area contributed by atoms with Crippen LogP contribution in [0, 0.1) is 5.82 Å². The van der Waals surface area contributed by atoms with E-state index in [-0.39, 0.29) is 17.0 Å². The number of benzene rings is 3. The highest BCUT2D eigenvalue weighted by Crippen LogP contribution is 2.53. The summed E-state index contributed by atoms with van der Waals surface area (Å²) in [5, 5.41) is 17.5. The maximum Gasteiger partial charge on any atom is 0.325 e. The summed E-state index contributed by atoms with van der Waals surface area (Å²) < 4.78 is 13.6. The van der Waals surface area contributed by atoms with E-state index in [4.69, 9.17) is 11.6 Å². The first-order valence-electron chi connectivity index (χ1n) is 12.2. The molecule has 3 N–H and O–H groups in total. The zero-order valence-corrected chi connectivity index (χ0v) is 22.6. The quantitative estimate of drug-likeness (QED) is 0.194. The molecule has 0 aliphatic carbocycles. The lowest BCUT2D eigenvalue weighted by molar-refractivity contribution is 0.262. The van der Waals surface area contributed by atoms with E-state index in [1.807, 2.05) is 29.2 Å². The van der Waals surface area contributed by atoms with Crippen molar-refractivity contribution in [2.75, 3.05) is 22.1 Å². The number of hydrogen-bond donors (Lipinski definition) is 3. The van der Waals surface area contributed by atoms with Gasteiger partial charge >= 0.3 is 6.03 Å². The molecule has 6 rings (SSSR count). The van der Waals surface area contributed by atoms with E-state index in [9.17, 15) is 14.3 Å². The minimum absolute atomic E-state index is 0.126. The lowest BCUT2D eigenvalue weighted by Crippen LogP contribution is -2.27. The van der Waals surface area contributed by atoms with Gasteiger partial charge in [0.2, 0.25) is 0 Å². The zero-order valence-electron chi connectivity index (χ0n) is 21.0. The Labute approximate surface area is 232 Å². The second kappa shape index (κ2) is 9.52. The maximum absolute atomic E-state index is 13.6. The second-order valence-electron chi connectivity index (χ2n) is 9.91. The number of phenols is 1. The largest absolute Gasteiger partial charge is 0.506 e. The smallest absolute Gasteiger partial charge is 0.325 e. The van der Waals surface area contributed by atoms with Crippen LogP contribution in [0.4, 0.5) is 31.4 Å². The third-order valence-electron chi connectivity index (χ3n) is 6.70. The number of fused-ring (bicyclic) bond motifs is 2. The van der Waals surface area contributed by atoms with Crippen LogP contribution < -0.4 is 15.5 Å². The van der Waals surface area contributed by atoms with Crippen molar-refractivity contribution in [3.05, 3.63) is 89.3 Å². The van der Waals surface area contributed by atoms with Gasteiger partial charge < -0.3 is 15.3 Å². The van der Waals surface area contributed by atoms with Gasteiger partial charge in [-0.3, -0.25) is 5.32 Å². The molecule has 0 saturated carbocycles. The van der Waals surface area contributed by atoms with Crippen LogP contribution in [-0.2, 0) is 5.41 Å². The van der Waals surface area contributed by atoms with Crippen molar-refractivity contribution in [3.8, 4) is 16.9 Å². The number of pyridine rings is 1. The summed E-state index contributed by atoms with van der Waals surface area (Å²) in [6, 6.07) is 20.2. The predicted molar refractivity (Wildman–Crippen MR) is 155 cm³/mol. The minimum Gasteiger partial charge on any atom is -0.506 e. The van der Waals surface area contributed by atoms with Gasteiger partial charge in [0.25, 0.3) is 0 Å². The van der Waals surface area contributed by atoms with Crippen molar-refractivity contribution in [2.24, 2.45) is 0 Å². The second-order valence-corrected chi connectivity index (χ2v) is 11.3. The maximum atomic E-state index is 13.6. The molecule has 196 valence electrons. The molecule has 3 heterocycles. The molecule has 0 unspecified atom stereocenters. The van der Waals surface area contributed by atoms with E-state index in [0.29, 0.717) is 38.6 Å². The van der Waals surface area contributed by atoms with Crippen LogP contribution in [0.5, 0.6) is 5.75 Å². The molecule has 0 radical (unpaired) electrons. The zero-order chi connectivity index (χ0) is 27.3. The number of urea groups is 1. The number of para-hydroxylation sites is 2. The van der Waals surface area contributed by atoms with Crippen molar-refractivity contribution in [3.63, 3.8) is 0 Å². The standard InChI is InChI=1S/C29H23ClFN5O2S/c1-29(2)15-36(25-22(37)13-11-18(24(25)29)16-7-9-17(31)10-8-16)21-6-4-3-5-19(21)32-27(38)35-28-33-20-12-14-23(30)34-26(20)39-28/h3-14,37H,15H2,1-2H3,(H2,32,33,35,38). The first-order chi connectivity index (χ1) is 18.7.